The van der Waals surface area contributed by atoms with E-state index >= 15 is 0 Å². The normalized spacial score (nSPS) is 16.1. The third-order valence-corrected chi connectivity index (χ3v) is 4.88. The molecule has 2 aromatic heterocycles. The van der Waals surface area contributed by atoms with E-state index in [0.29, 0.717) is 34.4 Å². The second kappa shape index (κ2) is 6.79. The zero-order valence-corrected chi connectivity index (χ0v) is 15.1. The molecule has 1 aliphatic carbocycles. The number of hydrogen-bond donors (Lipinski definition) is 2. The molecule has 7 heteroatoms. The summed E-state index contributed by atoms with van der Waals surface area (Å²) in [6.45, 7) is 0. The number of aliphatic hydroxyl groups is 1. The van der Waals surface area contributed by atoms with Gasteiger partial charge in [0.1, 0.15) is 11.3 Å². The lowest BCUT2D eigenvalue weighted by Crippen LogP contribution is -2.19. The Labute approximate surface area is 160 Å². The Morgan fingerprint density at radius 3 is 2.96 bits per heavy atom. The fourth-order valence-corrected chi connectivity index (χ4v) is 3.60. The minimum atomic E-state index is -0.344. The summed E-state index contributed by atoms with van der Waals surface area (Å²) in [4.78, 5) is 8.73. The maximum atomic E-state index is 13.6. The second-order valence-corrected chi connectivity index (χ2v) is 6.62. The second-order valence-electron chi connectivity index (χ2n) is 6.62. The number of fused-ring (bicyclic) bond motifs is 4. The van der Waals surface area contributed by atoms with Crippen LogP contribution in [-0.4, -0.2) is 21.2 Å². The molecular weight excluding hydrogens is 369 g/mol. The molecule has 1 atom stereocenters. The molecule has 0 aliphatic heterocycles. The maximum Gasteiger partial charge on any atom is 0.300 e. The third-order valence-electron chi connectivity index (χ3n) is 4.88. The number of pyridine rings is 1. The largest absolute Gasteiger partial charge is 0.423 e. The molecule has 2 aromatic carbocycles. The first-order chi connectivity index (χ1) is 12.7. The lowest BCUT2D eigenvalue weighted by atomic mass is 9.88. The van der Waals surface area contributed by atoms with Crippen LogP contribution >= 0.6 is 12.4 Å². The zero-order chi connectivity index (χ0) is 17.7. The number of nitrogens with one attached hydrogen (secondary N) is 1. The first kappa shape index (κ1) is 17.7. The predicted molar refractivity (Wildman–Crippen MR) is 104 cm³/mol. The van der Waals surface area contributed by atoms with Gasteiger partial charge in [0.05, 0.1) is 17.8 Å². The lowest BCUT2D eigenvalue weighted by molar-refractivity contribution is 0.159. The van der Waals surface area contributed by atoms with E-state index in [1.165, 1.54) is 17.7 Å². The highest BCUT2D eigenvalue weighted by Crippen LogP contribution is 2.32. The molecule has 0 unspecified atom stereocenters. The van der Waals surface area contributed by atoms with Crippen LogP contribution in [0.3, 0.4) is 0 Å². The molecule has 1 aliphatic rings. The van der Waals surface area contributed by atoms with Crippen molar-refractivity contribution in [3.8, 4) is 0 Å². The Morgan fingerprint density at radius 2 is 2.07 bits per heavy atom. The molecule has 4 aromatic rings. The minimum Gasteiger partial charge on any atom is -0.423 e. The number of aliphatic hydroxyl groups excluding tert-OH is 1. The molecule has 2 N–H and O–H groups in total. The summed E-state index contributed by atoms with van der Waals surface area (Å²) < 4.78 is 19.5. The van der Waals surface area contributed by atoms with E-state index in [2.05, 4.69) is 21.4 Å². The summed E-state index contributed by atoms with van der Waals surface area (Å²) in [5.41, 5.74) is 4.91. The molecular formula is C20H17ClFN3O2. The summed E-state index contributed by atoms with van der Waals surface area (Å²) in [5, 5.41) is 13.8. The quantitative estimate of drug-likeness (QED) is 0.530. The van der Waals surface area contributed by atoms with Crippen molar-refractivity contribution in [1.29, 1.82) is 0 Å². The Hall–Kier alpha value is -2.70. The lowest BCUT2D eigenvalue weighted by Gasteiger charge is -2.23. The van der Waals surface area contributed by atoms with Gasteiger partial charge < -0.3 is 14.8 Å². The van der Waals surface area contributed by atoms with Crippen LogP contribution in [0.5, 0.6) is 0 Å². The molecule has 0 radical (unpaired) electrons. The first-order valence-corrected chi connectivity index (χ1v) is 8.58. The van der Waals surface area contributed by atoms with Crippen molar-refractivity contribution in [2.75, 3.05) is 5.32 Å². The van der Waals surface area contributed by atoms with Gasteiger partial charge in [0.25, 0.3) is 6.01 Å². The van der Waals surface area contributed by atoms with Crippen LogP contribution in [0.4, 0.5) is 16.1 Å². The van der Waals surface area contributed by atoms with Gasteiger partial charge in [-0.2, -0.15) is 4.98 Å². The molecule has 5 nitrogen and oxygen atoms in total. The van der Waals surface area contributed by atoms with E-state index in [4.69, 9.17) is 4.42 Å². The van der Waals surface area contributed by atoms with Crippen molar-refractivity contribution >= 4 is 46.1 Å². The van der Waals surface area contributed by atoms with Crippen LogP contribution in [0.2, 0.25) is 0 Å². The van der Waals surface area contributed by atoms with E-state index in [1.807, 2.05) is 12.1 Å². The van der Waals surface area contributed by atoms with Crippen molar-refractivity contribution in [3.63, 3.8) is 0 Å². The fourth-order valence-electron chi connectivity index (χ4n) is 3.60. The summed E-state index contributed by atoms with van der Waals surface area (Å²) in [6.07, 6.45) is 3.53. The number of oxazole rings is 1. The van der Waals surface area contributed by atoms with Crippen LogP contribution in [0.15, 0.2) is 47.0 Å². The molecule has 138 valence electrons. The number of rotatable bonds is 2. The average Bonchev–Trinajstić information content (AvgIpc) is 3.05. The standard InChI is InChI=1S/C20H16FN3O2.ClH/c21-12-5-7-16-15(8-12)19-18(10-22-16)24-20(26-19)23-17-3-1-2-11-4-6-13(25)9-14(11)17;/h1-3,5,7-8,10,13,25H,4,6,9H2,(H,23,24);1H/t13-;/m0./s1. The Morgan fingerprint density at radius 1 is 1.19 bits per heavy atom. The van der Waals surface area contributed by atoms with E-state index in [1.54, 1.807) is 12.3 Å². The van der Waals surface area contributed by atoms with Gasteiger partial charge in [0, 0.05) is 17.5 Å². The number of halogens is 2. The summed E-state index contributed by atoms with van der Waals surface area (Å²) in [7, 11) is 0. The first-order valence-electron chi connectivity index (χ1n) is 8.58. The molecule has 0 fully saturated rings. The highest BCUT2D eigenvalue weighted by atomic mass is 35.5. The van der Waals surface area contributed by atoms with Crippen LogP contribution < -0.4 is 5.32 Å². The van der Waals surface area contributed by atoms with Crippen LogP contribution in [-0.2, 0) is 12.8 Å². The SMILES string of the molecule is Cl.O[C@H]1CCc2cccc(Nc3nc4cnc5ccc(F)cc5c4o3)c2C1. The number of anilines is 2. The Kier molecular flexibility index (Phi) is 4.45. The number of nitrogens with zero attached hydrogens (tertiary/aromatic N) is 2. The molecule has 0 bridgehead atoms. The van der Waals surface area contributed by atoms with E-state index in [0.717, 1.165) is 24.1 Å². The molecule has 2 heterocycles. The Balaban J connectivity index is 0.00000180. The van der Waals surface area contributed by atoms with E-state index in [-0.39, 0.29) is 24.3 Å². The fraction of sp³-hybridized carbons (Fsp3) is 0.200. The highest BCUT2D eigenvalue weighted by Gasteiger charge is 2.20. The van der Waals surface area contributed by atoms with Gasteiger partial charge in [-0.15, -0.1) is 12.4 Å². The molecule has 0 saturated carbocycles. The molecule has 5 rings (SSSR count). The number of aryl methyl sites for hydroxylation is 1. The average molecular weight is 386 g/mol. The van der Waals surface area contributed by atoms with Crippen molar-refractivity contribution in [1.82, 2.24) is 9.97 Å². The molecule has 27 heavy (non-hydrogen) atoms. The zero-order valence-electron chi connectivity index (χ0n) is 14.3. The van der Waals surface area contributed by atoms with Crippen LogP contribution in [0.1, 0.15) is 17.5 Å². The molecule has 0 spiro atoms. The Bertz CT molecular complexity index is 1140. The van der Waals surface area contributed by atoms with Crippen molar-refractivity contribution < 1.29 is 13.9 Å². The summed E-state index contributed by atoms with van der Waals surface area (Å²) in [6, 6.07) is 10.7. The van der Waals surface area contributed by atoms with Gasteiger partial charge in [0.2, 0.25) is 0 Å². The third kappa shape index (κ3) is 3.11. The van der Waals surface area contributed by atoms with E-state index in [9.17, 15) is 9.50 Å². The van der Waals surface area contributed by atoms with Crippen molar-refractivity contribution in [2.45, 2.75) is 25.4 Å². The minimum absolute atomic E-state index is 0. The predicted octanol–water partition coefficient (Wildman–Crippen LogP) is 4.53. The number of benzene rings is 2. The van der Waals surface area contributed by atoms with Crippen LogP contribution in [0, 0.1) is 5.82 Å². The summed E-state index contributed by atoms with van der Waals surface area (Å²) >= 11 is 0. The topological polar surface area (TPSA) is 71.2 Å². The van der Waals surface area contributed by atoms with Gasteiger partial charge in [-0.1, -0.05) is 12.1 Å². The number of aromatic nitrogens is 2. The monoisotopic (exact) mass is 385 g/mol. The smallest absolute Gasteiger partial charge is 0.300 e. The van der Waals surface area contributed by atoms with Gasteiger partial charge in [-0.3, -0.25) is 4.98 Å². The summed E-state index contributed by atoms with van der Waals surface area (Å²) in [5.74, 6) is -0.344. The van der Waals surface area contributed by atoms with Gasteiger partial charge >= 0.3 is 0 Å². The maximum absolute atomic E-state index is 13.6. The molecule has 0 saturated heterocycles. The van der Waals surface area contributed by atoms with Gasteiger partial charge in [0.15, 0.2) is 5.58 Å². The number of hydrogen-bond acceptors (Lipinski definition) is 5. The van der Waals surface area contributed by atoms with Gasteiger partial charge in [-0.05, 0) is 48.2 Å². The van der Waals surface area contributed by atoms with Crippen LogP contribution in [0.25, 0.3) is 22.0 Å². The van der Waals surface area contributed by atoms with Crippen molar-refractivity contribution in [2.24, 2.45) is 0 Å². The van der Waals surface area contributed by atoms with Gasteiger partial charge in [-0.25, -0.2) is 4.39 Å². The molecule has 0 amide bonds. The highest BCUT2D eigenvalue weighted by molar-refractivity contribution is 6.00. The van der Waals surface area contributed by atoms with E-state index < -0.39 is 0 Å². The van der Waals surface area contributed by atoms with Crippen molar-refractivity contribution in [3.05, 3.63) is 59.5 Å².